The Bertz CT molecular complexity index is 1290. The van der Waals surface area contributed by atoms with Crippen LogP contribution in [0.5, 0.6) is 0 Å². The molecule has 2 amide bonds. The smallest absolute Gasteiger partial charge is 0.410 e. The number of nitrogens with two attached hydrogens (primary N) is 1. The van der Waals surface area contributed by atoms with Gasteiger partial charge in [-0.05, 0) is 87.9 Å². The predicted molar refractivity (Wildman–Crippen MR) is 196 cm³/mol. The molecule has 0 spiro atoms. The van der Waals surface area contributed by atoms with Crippen LogP contribution >= 0.6 is 11.6 Å². The van der Waals surface area contributed by atoms with Gasteiger partial charge < -0.3 is 30.6 Å². The zero-order valence-corrected chi connectivity index (χ0v) is 30.7. The number of primary amides is 1. The minimum atomic E-state index is -0.188. The van der Waals surface area contributed by atoms with Crippen molar-refractivity contribution >= 4 is 29.2 Å². The van der Waals surface area contributed by atoms with Gasteiger partial charge >= 0.3 is 6.09 Å². The molecule has 1 aromatic carbocycles. The van der Waals surface area contributed by atoms with Crippen molar-refractivity contribution in [1.82, 2.24) is 25.1 Å². The third kappa shape index (κ3) is 15.7. The Morgan fingerprint density at radius 1 is 1.17 bits per heavy atom. The fourth-order valence-corrected chi connectivity index (χ4v) is 5.00. The van der Waals surface area contributed by atoms with Gasteiger partial charge in [0.05, 0.1) is 12.4 Å². The van der Waals surface area contributed by atoms with Gasteiger partial charge in [-0.1, -0.05) is 62.7 Å². The molecule has 2 aromatic rings. The van der Waals surface area contributed by atoms with Crippen LogP contribution in [-0.2, 0) is 23.0 Å². The summed E-state index contributed by atoms with van der Waals surface area (Å²) in [6.45, 7) is 19.4. The molecule has 1 aromatic heterocycles. The average Bonchev–Trinajstić information content (AvgIpc) is 3.83. The Morgan fingerprint density at radius 2 is 1.83 bits per heavy atom. The van der Waals surface area contributed by atoms with Gasteiger partial charge in [0.2, 0.25) is 5.91 Å². The minimum Gasteiger partial charge on any atom is -0.447 e. The molecule has 1 saturated carbocycles. The number of ether oxygens (including phenoxy) is 1. The van der Waals surface area contributed by atoms with Crippen molar-refractivity contribution in [2.45, 2.75) is 85.7 Å². The first-order valence-corrected chi connectivity index (χ1v) is 17.2. The molecule has 0 unspecified atom stereocenters. The van der Waals surface area contributed by atoms with E-state index in [1.807, 2.05) is 79.6 Å². The van der Waals surface area contributed by atoms with Crippen molar-refractivity contribution in [3.63, 3.8) is 0 Å². The summed E-state index contributed by atoms with van der Waals surface area (Å²) in [7, 11) is 3.92. The SMILES string of the molecule is C/C=C\NC.C=C1C/C=C(/[C@@H](C)c2cncn2C)c2cc(Cl)ccc2CC1.CC.CC(C)OC(=O)N1CCNCC1.NC(=O)C1CC1. The van der Waals surface area contributed by atoms with E-state index in [2.05, 4.69) is 51.9 Å². The van der Waals surface area contributed by atoms with Crippen LogP contribution in [-0.4, -0.2) is 65.8 Å². The molecule has 47 heavy (non-hydrogen) atoms. The maximum Gasteiger partial charge on any atom is 0.410 e. The molecule has 0 radical (unpaired) electrons. The molecular weight excluding hydrogens is 612 g/mol. The number of piperazine rings is 1. The first-order valence-electron chi connectivity index (χ1n) is 16.8. The maximum absolute atomic E-state index is 11.3. The lowest BCUT2D eigenvalue weighted by Crippen LogP contribution is -2.47. The molecule has 1 atom stereocenters. The summed E-state index contributed by atoms with van der Waals surface area (Å²) in [5.41, 5.74) is 11.3. The third-order valence-corrected chi connectivity index (χ3v) is 7.77. The van der Waals surface area contributed by atoms with Crippen molar-refractivity contribution in [3.8, 4) is 0 Å². The van der Waals surface area contributed by atoms with Crippen LogP contribution in [0, 0.1) is 5.92 Å². The summed E-state index contributed by atoms with van der Waals surface area (Å²) < 4.78 is 7.14. The minimum absolute atomic E-state index is 0.0209. The molecule has 5 rings (SSSR count). The number of benzene rings is 1. The molecule has 2 fully saturated rings. The summed E-state index contributed by atoms with van der Waals surface area (Å²) >= 11 is 6.26. The lowest BCUT2D eigenvalue weighted by atomic mass is 9.84. The Hall–Kier alpha value is -3.56. The first-order chi connectivity index (χ1) is 22.5. The van der Waals surface area contributed by atoms with E-state index >= 15 is 0 Å². The normalized spacial score (nSPS) is 17.2. The molecule has 1 aliphatic heterocycles. The van der Waals surface area contributed by atoms with Crippen molar-refractivity contribution in [2.24, 2.45) is 18.7 Å². The molecule has 262 valence electrons. The number of aryl methyl sites for hydroxylation is 2. The van der Waals surface area contributed by atoms with Gasteiger partial charge in [-0.3, -0.25) is 4.79 Å². The molecular formula is C37H59ClN6O3. The van der Waals surface area contributed by atoms with Crippen LogP contribution in [0.15, 0.2) is 61.2 Å². The average molecular weight is 671 g/mol. The second-order valence-electron chi connectivity index (χ2n) is 11.7. The Balaban J connectivity index is 0.000000368. The number of amides is 2. The summed E-state index contributed by atoms with van der Waals surface area (Å²) in [6.07, 6.45) is 14.8. The largest absolute Gasteiger partial charge is 0.447 e. The van der Waals surface area contributed by atoms with Gasteiger partial charge in [0, 0.05) is 69.0 Å². The number of carbonyl (C=O) groups excluding carboxylic acids is 2. The standard InChI is InChI=1S/C19H21ClN2.C8H16N2O2.C4H7NO.C4H9N.C2H6/c1-13-4-6-15-7-8-16(20)10-18(15)17(9-5-13)14(2)19-11-21-12-22(19)3;1-7(2)12-8(11)10-5-3-9-4-6-10;5-4(6)3-1-2-3;1-3-4-5-2;1-2/h7-12,14H,1,4-6H2,2-3H3;7,9H,3-6H2,1-2H3;3H,1-2H2,(H2,5,6);3-5H,1-2H3;1-2H3/b17-9-;;;4-3-;/t14-;;;;/m1..../s1. The molecule has 9 nitrogen and oxygen atoms in total. The Morgan fingerprint density at radius 3 is 2.30 bits per heavy atom. The van der Waals surface area contributed by atoms with Crippen LogP contribution < -0.4 is 16.4 Å². The number of imidazole rings is 1. The lowest BCUT2D eigenvalue weighted by Gasteiger charge is -2.27. The number of hydrogen-bond acceptors (Lipinski definition) is 6. The van der Waals surface area contributed by atoms with E-state index in [1.165, 1.54) is 28.0 Å². The summed E-state index contributed by atoms with van der Waals surface area (Å²) in [6, 6.07) is 6.24. The lowest BCUT2D eigenvalue weighted by molar-refractivity contribution is -0.119. The quantitative estimate of drug-likeness (QED) is 0.289. The van der Waals surface area contributed by atoms with Crippen LogP contribution in [0.1, 0.15) is 90.0 Å². The van der Waals surface area contributed by atoms with Crippen molar-refractivity contribution in [3.05, 3.63) is 83.1 Å². The Labute approximate surface area is 288 Å². The topological polar surface area (TPSA) is 115 Å². The monoisotopic (exact) mass is 670 g/mol. The van der Waals surface area contributed by atoms with Gasteiger partial charge in [-0.25, -0.2) is 9.78 Å². The molecule has 2 heterocycles. The summed E-state index contributed by atoms with van der Waals surface area (Å²) in [5, 5.41) is 6.80. The van der Waals surface area contributed by atoms with E-state index in [1.54, 1.807) is 4.90 Å². The molecule has 10 heteroatoms. The van der Waals surface area contributed by atoms with Crippen LogP contribution in [0.25, 0.3) is 5.57 Å². The second-order valence-corrected chi connectivity index (χ2v) is 12.1. The van der Waals surface area contributed by atoms with Gasteiger partial charge in [-0.2, -0.15) is 0 Å². The highest BCUT2D eigenvalue weighted by molar-refractivity contribution is 6.30. The summed E-state index contributed by atoms with van der Waals surface area (Å²) in [5.74, 6) is 0.385. The zero-order valence-electron chi connectivity index (χ0n) is 29.9. The number of nitrogens with one attached hydrogen (secondary N) is 2. The highest BCUT2D eigenvalue weighted by Crippen LogP contribution is 2.37. The third-order valence-electron chi connectivity index (χ3n) is 7.53. The number of rotatable bonds is 5. The van der Waals surface area contributed by atoms with E-state index in [4.69, 9.17) is 22.1 Å². The number of nitrogens with zero attached hydrogens (tertiary/aromatic N) is 3. The highest BCUT2D eigenvalue weighted by atomic mass is 35.5. The zero-order chi connectivity index (χ0) is 35.4. The highest BCUT2D eigenvalue weighted by Gasteiger charge is 2.26. The van der Waals surface area contributed by atoms with E-state index < -0.39 is 0 Å². The maximum atomic E-state index is 11.3. The Kier molecular flexibility index (Phi) is 20.2. The number of carbonyl (C=O) groups is 2. The van der Waals surface area contributed by atoms with E-state index in [-0.39, 0.29) is 29.9 Å². The number of halogens is 1. The predicted octanol–water partition coefficient (Wildman–Crippen LogP) is 7.24. The van der Waals surface area contributed by atoms with Gasteiger partial charge in [0.25, 0.3) is 0 Å². The van der Waals surface area contributed by atoms with Crippen LogP contribution in [0.3, 0.4) is 0 Å². The van der Waals surface area contributed by atoms with Gasteiger partial charge in [0.15, 0.2) is 0 Å². The molecule has 2 aliphatic carbocycles. The molecule has 1 saturated heterocycles. The summed E-state index contributed by atoms with van der Waals surface area (Å²) in [4.78, 5) is 27.3. The molecule has 4 N–H and O–H groups in total. The number of aromatic nitrogens is 2. The van der Waals surface area contributed by atoms with Crippen molar-refractivity contribution in [2.75, 3.05) is 33.2 Å². The molecule has 3 aliphatic rings. The van der Waals surface area contributed by atoms with Crippen LogP contribution in [0.4, 0.5) is 4.79 Å². The van der Waals surface area contributed by atoms with E-state index in [0.29, 0.717) is 0 Å². The number of fused-ring (bicyclic) bond motifs is 1. The first kappa shape index (κ1) is 41.5. The number of allylic oxidation sites excluding steroid dienone is 4. The fraction of sp³-hybridized carbons (Fsp3) is 0.541. The van der Waals surface area contributed by atoms with Gasteiger partial charge in [0.1, 0.15) is 0 Å². The van der Waals surface area contributed by atoms with Crippen molar-refractivity contribution in [1.29, 1.82) is 0 Å². The van der Waals surface area contributed by atoms with Gasteiger partial charge in [-0.15, -0.1) is 0 Å². The van der Waals surface area contributed by atoms with E-state index in [0.717, 1.165) is 63.3 Å². The molecule has 0 bridgehead atoms. The number of hydrogen-bond donors (Lipinski definition) is 3. The van der Waals surface area contributed by atoms with Crippen molar-refractivity contribution < 1.29 is 14.3 Å². The van der Waals surface area contributed by atoms with Crippen LogP contribution in [0.2, 0.25) is 5.02 Å². The van der Waals surface area contributed by atoms with E-state index in [9.17, 15) is 9.59 Å². The fourth-order valence-electron chi connectivity index (χ4n) is 4.83. The second kappa shape index (κ2) is 22.9.